The van der Waals surface area contributed by atoms with Crippen LogP contribution in [0.15, 0.2) is 53.7 Å². The molecule has 0 radical (unpaired) electrons. The first-order valence-electron chi connectivity index (χ1n) is 9.09. The van der Waals surface area contributed by atoms with Crippen LogP contribution in [0.25, 0.3) is 10.8 Å². The average Bonchev–Trinajstić information content (AvgIpc) is 3.14. The Morgan fingerprint density at radius 3 is 2.67 bits per heavy atom. The van der Waals surface area contributed by atoms with E-state index in [1.54, 1.807) is 18.4 Å². The smallest absolute Gasteiger partial charge is 0.191 e. The van der Waals surface area contributed by atoms with Crippen LogP contribution >= 0.6 is 35.3 Å². The minimum atomic E-state index is 0. The fourth-order valence-electron chi connectivity index (χ4n) is 2.88. The maximum atomic E-state index is 4.47. The largest absolute Gasteiger partial charge is 0.356 e. The molecule has 6 heteroatoms. The Kier molecular flexibility index (Phi) is 8.50. The Labute approximate surface area is 182 Å². The van der Waals surface area contributed by atoms with Crippen molar-refractivity contribution in [2.75, 3.05) is 13.6 Å². The number of guanidine groups is 1. The van der Waals surface area contributed by atoms with Crippen molar-refractivity contribution in [3.63, 3.8) is 0 Å². The first-order valence-corrected chi connectivity index (χ1v) is 9.90. The number of nitrogens with one attached hydrogen (secondary N) is 2. The number of hydrogen-bond acceptors (Lipinski definition) is 3. The molecule has 1 atom stereocenters. The third-order valence-electron chi connectivity index (χ3n) is 4.43. The first kappa shape index (κ1) is 21.6. The number of aryl methyl sites for hydroxylation is 1. The van der Waals surface area contributed by atoms with Crippen molar-refractivity contribution in [1.29, 1.82) is 0 Å². The quantitative estimate of drug-likeness (QED) is 0.290. The van der Waals surface area contributed by atoms with E-state index < -0.39 is 0 Å². The Morgan fingerprint density at radius 2 is 1.96 bits per heavy atom. The van der Waals surface area contributed by atoms with Gasteiger partial charge in [-0.3, -0.25) is 4.99 Å². The van der Waals surface area contributed by atoms with Gasteiger partial charge in [-0.15, -0.1) is 35.3 Å². The molecule has 0 saturated heterocycles. The van der Waals surface area contributed by atoms with E-state index in [0.29, 0.717) is 0 Å². The van der Waals surface area contributed by atoms with Crippen molar-refractivity contribution in [3.8, 4) is 0 Å². The highest BCUT2D eigenvalue weighted by molar-refractivity contribution is 14.0. The van der Waals surface area contributed by atoms with Gasteiger partial charge in [0.15, 0.2) is 5.96 Å². The Bertz CT molecular complexity index is 891. The van der Waals surface area contributed by atoms with Gasteiger partial charge in [0.1, 0.15) is 0 Å². The van der Waals surface area contributed by atoms with E-state index in [-0.39, 0.29) is 30.0 Å². The number of aromatic nitrogens is 1. The van der Waals surface area contributed by atoms with E-state index in [1.807, 2.05) is 6.20 Å². The van der Waals surface area contributed by atoms with Gasteiger partial charge in [-0.05, 0) is 35.7 Å². The Hall–Kier alpha value is -1.67. The summed E-state index contributed by atoms with van der Waals surface area (Å²) in [7, 11) is 1.81. The number of fused-ring (bicyclic) bond motifs is 1. The van der Waals surface area contributed by atoms with Crippen LogP contribution in [-0.4, -0.2) is 24.5 Å². The highest BCUT2D eigenvalue weighted by Gasteiger charge is 2.09. The molecular formula is C21H27IN4S. The van der Waals surface area contributed by atoms with Crippen molar-refractivity contribution in [2.24, 2.45) is 4.99 Å². The summed E-state index contributed by atoms with van der Waals surface area (Å²) < 4.78 is 0. The van der Waals surface area contributed by atoms with E-state index in [9.17, 15) is 0 Å². The summed E-state index contributed by atoms with van der Waals surface area (Å²) in [6.45, 7) is 5.14. The molecule has 0 saturated carbocycles. The van der Waals surface area contributed by atoms with Crippen molar-refractivity contribution in [3.05, 3.63) is 64.1 Å². The zero-order valence-electron chi connectivity index (χ0n) is 16.0. The van der Waals surface area contributed by atoms with Gasteiger partial charge in [0.05, 0.1) is 11.0 Å². The molecule has 2 aromatic carbocycles. The molecule has 0 aliphatic rings. The van der Waals surface area contributed by atoms with Crippen LogP contribution in [-0.2, 0) is 12.8 Å². The summed E-state index contributed by atoms with van der Waals surface area (Å²) in [5, 5.41) is 10.6. The van der Waals surface area contributed by atoms with Gasteiger partial charge >= 0.3 is 0 Å². The fraction of sp³-hybridized carbons (Fsp3) is 0.333. The lowest BCUT2D eigenvalue weighted by Crippen LogP contribution is -2.39. The molecule has 0 aliphatic carbocycles. The molecule has 4 nitrogen and oxygen atoms in total. The van der Waals surface area contributed by atoms with Gasteiger partial charge in [-0.2, -0.15) is 0 Å². The zero-order chi connectivity index (χ0) is 18.4. The maximum absolute atomic E-state index is 4.47. The number of halogens is 1. The molecule has 1 aromatic heterocycles. The van der Waals surface area contributed by atoms with Crippen LogP contribution in [0.5, 0.6) is 0 Å². The van der Waals surface area contributed by atoms with E-state index in [0.717, 1.165) is 25.3 Å². The number of benzene rings is 2. The van der Waals surface area contributed by atoms with Gasteiger partial charge in [-0.1, -0.05) is 43.3 Å². The molecule has 0 fully saturated rings. The average molecular weight is 494 g/mol. The molecule has 2 N–H and O–H groups in total. The van der Waals surface area contributed by atoms with Crippen LogP contribution in [0, 0.1) is 0 Å². The third kappa shape index (κ3) is 5.90. The number of nitrogens with zero attached hydrogens (tertiary/aromatic N) is 2. The van der Waals surface area contributed by atoms with E-state index in [2.05, 4.69) is 76.9 Å². The summed E-state index contributed by atoms with van der Waals surface area (Å²) in [5.74, 6) is 0.818. The summed E-state index contributed by atoms with van der Waals surface area (Å²) in [5.41, 5.74) is 1.25. The Balaban J connectivity index is 0.00000261. The molecule has 27 heavy (non-hydrogen) atoms. The van der Waals surface area contributed by atoms with E-state index in [4.69, 9.17) is 0 Å². The van der Waals surface area contributed by atoms with Crippen LogP contribution in [0.3, 0.4) is 0 Å². The van der Waals surface area contributed by atoms with Gasteiger partial charge in [0.2, 0.25) is 0 Å². The third-order valence-corrected chi connectivity index (χ3v) is 5.63. The van der Waals surface area contributed by atoms with Gasteiger partial charge in [-0.25, -0.2) is 4.98 Å². The predicted molar refractivity (Wildman–Crippen MR) is 127 cm³/mol. The minimum absolute atomic E-state index is 0. The van der Waals surface area contributed by atoms with Crippen molar-refractivity contribution in [2.45, 2.75) is 32.7 Å². The summed E-state index contributed by atoms with van der Waals surface area (Å²) >= 11 is 1.79. The normalized spacial score (nSPS) is 12.5. The lowest BCUT2D eigenvalue weighted by Gasteiger charge is -2.18. The standard InChI is InChI=1S/C21H26N4S.HI/c1-4-19-14-24-20(26-19)11-12-23-21(22-3)25-15(2)17-10-9-16-7-5-6-8-18(16)13-17;/h5-10,13-15H,4,11-12H2,1-3H3,(H2,22,23,25);1H. The van der Waals surface area contributed by atoms with Crippen molar-refractivity contribution >= 4 is 52.0 Å². The zero-order valence-corrected chi connectivity index (χ0v) is 19.2. The molecule has 3 rings (SSSR count). The molecule has 144 valence electrons. The van der Waals surface area contributed by atoms with Crippen LogP contribution in [0.2, 0.25) is 0 Å². The molecular weight excluding hydrogens is 467 g/mol. The topological polar surface area (TPSA) is 49.3 Å². The number of aliphatic imine (C=N–C) groups is 1. The molecule has 0 amide bonds. The number of rotatable bonds is 6. The molecule has 1 unspecified atom stereocenters. The molecule has 1 heterocycles. The van der Waals surface area contributed by atoms with Crippen LogP contribution in [0.1, 0.15) is 35.3 Å². The number of thiazole rings is 1. The van der Waals surface area contributed by atoms with Crippen LogP contribution < -0.4 is 10.6 Å². The van der Waals surface area contributed by atoms with Crippen molar-refractivity contribution in [1.82, 2.24) is 15.6 Å². The van der Waals surface area contributed by atoms with Gasteiger partial charge in [0.25, 0.3) is 0 Å². The lowest BCUT2D eigenvalue weighted by molar-refractivity contribution is 0.685. The first-order chi connectivity index (χ1) is 12.7. The molecule has 0 bridgehead atoms. The van der Waals surface area contributed by atoms with E-state index >= 15 is 0 Å². The highest BCUT2D eigenvalue weighted by Crippen LogP contribution is 2.20. The second kappa shape index (κ2) is 10.6. The fourth-order valence-corrected chi connectivity index (χ4v) is 3.74. The lowest BCUT2D eigenvalue weighted by atomic mass is 10.0. The molecule has 3 aromatic rings. The van der Waals surface area contributed by atoms with E-state index in [1.165, 1.54) is 26.2 Å². The maximum Gasteiger partial charge on any atom is 0.191 e. The second-order valence-corrected chi connectivity index (χ2v) is 7.50. The summed E-state index contributed by atoms with van der Waals surface area (Å²) in [6.07, 6.45) is 3.95. The SMILES string of the molecule is CCc1cnc(CCNC(=NC)NC(C)c2ccc3ccccc3c2)s1.I. The van der Waals surface area contributed by atoms with Crippen LogP contribution in [0.4, 0.5) is 0 Å². The Morgan fingerprint density at radius 1 is 1.19 bits per heavy atom. The molecule has 0 spiro atoms. The summed E-state index contributed by atoms with van der Waals surface area (Å²) in [4.78, 5) is 10.2. The highest BCUT2D eigenvalue weighted by atomic mass is 127. The minimum Gasteiger partial charge on any atom is -0.356 e. The molecule has 0 aliphatic heterocycles. The predicted octanol–water partition coefficient (Wildman–Crippen LogP) is 4.95. The van der Waals surface area contributed by atoms with Crippen molar-refractivity contribution < 1.29 is 0 Å². The van der Waals surface area contributed by atoms with Gasteiger partial charge < -0.3 is 10.6 Å². The number of hydrogen-bond donors (Lipinski definition) is 2. The summed E-state index contributed by atoms with van der Waals surface area (Å²) in [6, 6.07) is 15.2. The monoisotopic (exact) mass is 494 g/mol. The van der Waals surface area contributed by atoms with Gasteiger partial charge in [0, 0.05) is 31.1 Å². The second-order valence-electron chi connectivity index (χ2n) is 6.30.